The number of nitrogens with zero attached hydrogens (tertiary/aromatic N) is 2. The van der Waals surface area contributed by atoms with Crippen LogP contribution in [0.4, 0.5) is 4.39 Å². The highest BCUT2D eigenvalue weighted by molar-refractivity contribution is 9.10. The zero-order valence-corrected chi connectivity index (χ0v) is 11.2. The van der Waals surface area contributed by atoms with Gasteiger partial charge < -0.3 is 5.73 Å². The average molecular weight is 319 g/mol. The average Bonchev–Trinajstić information content (AvgIpc) is 2.65. The minimum atomic E-state index is -0.441. The summed E-state index contributed by atoms with van der Waals surface area (Å²) < 4.78 is 15.5. The SMILES string of the molecule is NCCc1nn(-c2ccc(F)c(Cl)c2)cc1Br. The summed E-state index contributed by atoms with van der Waals surface area (Å²) in [7, 11) is 0. The molecule has 17 heavy (non-hydrogen) atoms. The van der Waals surface area contributed by atoms with Crippen molar-refractivity contribution in [1.82, 2.24) is 9.78 Å². The number of rotatable bonds is 3. The molecule has 0 saturated carbocycles. The van der Waals surface area contributed by atoms with Gasteiger partial charge in [0, 0.05) is 12.6 Å². The summed E-state index contributed by atoms with van der Waals surface area (Å²) >= 11 is 9.13. The van der Waals surface area contributed by atoms with Crippen molar-refractivity contribution in [3.8, 4) is 5.69 Å². The highest BCUT2D eigenvalue weighted by Gasteiger charge is 2.08. The van der Waals surface area contributed by atoms with E-state index in [9.17, 15) is 4.39 Å². The van der Waals surface area contributed by atoms with Crippen LogP contribution in [0, 0.1) is 5.82 Å². The molecule has 0 unspecified atom stereocenters. The molecule has 0 spiro atoms. The van der Waals surface area contributed by atoms with E-state index in [0.717, 1.165) is 10.2 Å². The Morgan fingerprint density at radius 1 is 1.47 bits per heavy atom. The lowest BCUT2D eigenvalue weighted by Gasteiger charge is -2.02. The lowest BCUT2D eigenvalue weighted by Crippen LogP contribution is -2.04. The first-order valence-electron chi connectivity index (χ1n) is 5.01. The first kappa shape index (κ1) is 12.5. The summed E-state index contributed by atoms with van der Waals surface area (Å²) in [6, 6.07) is 4.46. The Hall–Kier alpha value is -0.910. The van der Waals surface area contributed by atoms with Gasteiger partial charge in [-0.2, -0.15) is 5.10 Å². The van der Waals surface area contributed by atoms with Crippen LogP contribution in [0.25, 0.3) is 5.69 Å². The second-order valence-corrected chi connectivity index (χ2v) is 4.77. The van der Waals surface area contributed by atoms with E-state index in [1.165, 1.54) is 12.1 Å². The first-order chi connectivity index (χ1) is 8.11. The van der Waals surface area contributed by atoms with Crippen LogP contribution in [-0.2, 0) is 6.42 Å². The van der Waals surface area contributed by atoms with Crippen molar-refractivity contribution < 1.29 is 4.39 Å². The molecule has 0 radical (unpaired) electrons. The van der Waals surface area contributed by atoms with Crippen molar-refractivity contribution in [2.45, 2.75) is 6.42 Å². The Bertz CT molecular complexity index is 542. The van der Waals surface area contributed by atoms with E-state index in [1.807, 2.05) is 0 Å². The summed E-state index contributed by atoms with van der Waals surface area (Å²) in [5.41, 5.74) is 7.06. The van der Waals surface area contributed by atoms with Crippen LogP contribution in [-0.4, -0.2) is 16.3 Å². The molecule has 0 saturated heterocycles. The van der Waals surface area contributed by atoms with Crippen molar-refractivity contribution in [1.29, 1.82) is 0 Å². The van der Waals surface area contributed by atoms with E-state index >= 15 is 0 Å². The molecule has 2 N–H and O–H groups in total. The molecule has 0 atom stereocenters. The number of benzene rings is 1. The standard InChI is InChI=1S/C11H10BrClFN3/c12-8-6-17(16-11(8)3-4-15)7-1-2-10(14)9(13)5-7/h1-2,5-6H,3-4,15H2. The smallest absolute Gasteiger partial charge is 0.141 e. The molecular formula is C11H10BrClFN3. The Labute approximate surface area is 112 Å². The highest BCUT2D eigenvalue weighted by Crippen LogP contribution is 2.22. The second-order valence-electron chi connectivity index (χ2n) is 3.51. The molecule has 0 bridgehead atoms. The molecule has 2 rings (SSSR count). The normalized spacial score (nSPS) is 10.8. The Morgan fingerprint density at radius 3 is 2.88 bits per heavy atom. The Balaban J connectivity index is 2.39. The van der Waals surface area contributed by atoms with Gasteiger partial charge in [0.1, 0.15) is 5.82 Å². The van der Waals surface area contributed by atoms with Gasteiger partial charge in [0.25, 0.3) is 0 Å². The molecule has 0 amide bonds. The monoisotopic (exact) mass is 317 g/mol. The summed E-state index contributed by atoms with van der Waals surface area (Å²) in [5, 5.41) is 4.43. The number of hydrogen-bond donors (Lipinski definition) is 1. The maximum atomic E-state index is 13.0. The maximum Gasteiger partial charge on any atom is 0.141 e. The fourth-order valence-corrected chi connectivity index (χ4v) is 2.10. The van der Waals surface area contributed by atoms with Crippen molar-refractivity contribution >= 4 is 27.5 Å². The quantitative estimate of drug-likeness (QED) is 0.945. The van der Waals surface area contributed by atoms with Gasteiger partial charge in [-0.1, -0.05) is 11.6 Å². The van der Waals surface area contributed by atoms with E-state index in [4.69, 9.17) is 17.3 Å². The molecular weight excluding hydrogens is 308 g/mol. The summed E-state index contributed by atoms with van der Waals surface area (Å²) in [5.74, 6) is -0.441. The van der Waals surface area contributed by atoms with Crippen LogP contribution in [0.2, 0.25) is 5.02 Å². The predicted octanol–water partition coefficient (Wildman–Crippen LogP) is 2.93. The molecule has 0 aliphatic heterocycles. The number of halogens is 3. The third-order valence-corrected chi connectivity index (χ3v) is 3.24. The molecule has 90 valence electrons. The lowest BCUT2D eigenvalue weighted by molar-refractivity contribution is 0.627. The molecule has 1 aromatic heterocycles. The molecule has 1 aromatic carbocycles. The molecule has 3 nitrogen and oxygen atoms in total. The second kappa shape index (κ2) is 5.16. The van der Waals surface area contributed by atoms with Gasteiger partial charge in [0.2, 0.25) is 0 Å². The zero-order chi connectivity index (χ0) is 12.4. The number of hydrogen-bond acceptors (Lipinski definition) is 2. The largest absolute Gasteiger partial charge is 0.330 e. The molecule has 0 aliphatic carbocycles. The van der Waals surface area contributed by atoms with Crippen molar-refractivity contribution in [2.75, 3.05) is 6.54 Å². The summed E-state index contributed by atoms with van der Waals surface area (Å²) in [6.45, 7) is 0.528. The topological polar surface area (TPSA) is 43.8 Å². The fraction of sp³-hybridized carbons (Fsp3) is 0.182. The van der Waals surface area contributed by atoms with Gasteiger partial charge in [0.05, 0.1) is 20.9 Å². The summed E-state index contributed by atoms with van der Waals surface area (Å²) in [4.78, 5) is 0. The highest BCUT2D eigenvalue weighted by atomic mass is 79.9. The zero-order valence-electron chi connectivity index (χ0n) is 8.83. The maximum absolute atomic E-state index is 13.0. The molecule has 0 fully saturated rings. The van der Waals surface area contributed by atoms with Crippen LogP contribution in [0.1, 0.15) is 5.69 Å². The van der Waals surface area contributed by atoms with Crippen molar-refractivity contribution in [3.63, 3.8) is 0 Å². The van der Waals surface area contributed by atoms with E-state index < -0.39 is 5.82 Å². The first-order valence-corrected chi connectivity index (χ1v) is 6.18. The number of nitrogens with two attached hydrogens (primary N) is 1. The van der Waals surface area contributed by atoms with Gasteiger partial charge in [-0.3, -0.25) is 0 Å². The third-order valence-electron chi connectivity index (χ3n) is 2.29. The minimum Gasteiger partial charge on any atom is -0.330 e. The van der Waals surface area contributed by atoms with Crippen LogP contribution in [0.5, 0.6) is 0 Å². The fourth-order valence-electron chi connectivity index (χ4n) is 1.45. The Kier molecular flexibility index (Phi) is 3.81. The molecule has 1 heterocycles. The van der Waals surface area contributed by atoms with Crippen LogP contribution >= 0.6 is 27.5 Å². The van der Waals surface area contributed by atoms with Crippen molar-refractivity contribution in [3.05, 3.63) is 45.4 Å². The molecule has 0 aliphatic rings. The van der Waals surface area contributed by atoms with Gasteiger partial charge >= 0.3 is 0 Å². The van der Waals surface area contributed by atoms with E-state index in [0.29, 0.717) is 18.7 Å². The molecule has 2 aromatic rings. The van der Waals surface area contributed by atoms with Gasteiger partial charge in [-0.15, -0.1) is 0 Å². The van der Waals surface area contributed by atoms with Gasteiger partial charge in [-0.25, -0.2) is 9.07 Å². The van der Waals surface area contributed by atoms with E-state index in [1.54, 1.807) is 16.9 Å². The minimum absolute atomic E-state index is 0.0782. The Morgan fingerprint density at radius 2 is 2.24 bits per heavy atom. The van der Waals surface area contributed by atoms with Crippen molar-refractivity contribution in [2.24, 2.45) is 5.73 Å². The van der Waals surface area contributed by atoms with Gasteiger partial charge in [0.15, 0.2) is 0 Å². The van der Waals surface area contributed by atoms with Crippen LogP contribution in [0.15, 0.2) is 28.9 Å². The van der Waals surface area contributed by atoms with E-state index in [-0.39, 0.29) is 5.02 Å². The van der Waals surface area contributed by atoms with E-state index in [2.05, 4.69) is 21.0 Å². The lowest BCUT2D eigenvalue weighted by atomic mass is 10.3. The summed E-state index contributed by atoms with van der Waals surface area (Å²) in [6.07, 6.45) is 2.48. The van der Waals surface area contributed by atoms with Crippen LogP contribution in [0.3, 0.4) is 0 Å². The molecule has 6 heteroatoms. The van der Waals surface area contributed by atoms with Crippen LogP contribution < -0.4 is 5.73 Å². The predicted molar refractivity (Wildman–Crippen MR) is 69.0 cm³/mol. The van der Waals surface area contributed by atoms with Gasteiger partial charge in [-0.05, 0) is 40.7 Å². The number of aromatic nitrogens is 2. The third kappa shape index (κ3) is 2.68.